The molecule has 2 nitrogen and oxygen atoms in total. The van der Waals surface area contributed by atoms with Crippen LogP contribution < -0.4 is 0 Å². The number of hydrogen-bond donors (Lipinski definition) is 0. The first-order valence-electron chi connectivity index (χ1n) is 3.69. The second-order valence-corrected chi connectivity index (χ2v) is 3.42. The Bertz CT molecular complexity index is 368. The zero-order valence-electron chi connectivity index (χ0n) is 6.69. The van der Waals surface area contributed by atoms with Gasteiger partial charge < -0.3 is 0 Å². The van der Waals surface area contributed by atoms with E-state index in [9.17, 15) is 0 Å². The van der Waals surface area contributed by atoms with Crippen LogP contribution in [0, 0.1) is 6.92 Å². The van der Waals surface area contributed by atoms with Crippen molar-refractivity contribution in [3.63, 3.8) is 0 Å². The quantitative estimate of drug-likeness (QED) is 0.667. The van der Waals surface area contributed by atoms with Crippen molar-refractivity contribution in [2.24, 2.45) is 0 Å². The zero-order valence-corrected chi connectivity index (χ0v) is 7.51. The molecule has 0 saturated heterocycles. The number of nitrogens with zero attached hydrogens (tertiary/aromatic N) is 2. The fourth-order valence-corrected chi connectivity index (χ4v) is 1.68. The molecule has 0 amide bonds. The molecule has 0 aliphatic heterocycles. The van der Waals surface area contributed by atoms with E-state index in [1.165, 1.54) is 0 Å². The second-order valence-electron chi connectivity index (χ2n) is 2.52. The molecule has 0 atom stereocenters. The SMILES string of the molecule is Cc1cc(-c2nccs2)ccn1. The molecule has 0 radical (unpaired) electrons. The van der Waals surface area contributed by atoms with Crippen molar-refractivity contribution in [3.05, 3.63) is 35.6 Å². The fourth-order valence-electron chi connectivity index (χ4n) is 1.04. The van der Waals surface area contributed by atoms with Crippen LogP contribution in [0.5, 0.6) is 0 Å². The molecule has 2 aromatic rings. The van der Waals surface area contributed by atoms with Gasteiger partial charge in [-0.3, -0.25) is 4.98 Å². The Labute approximate surface area is 74.9 Å². The highest BCUT2D eigenvalue weighted by atomic mass is 32.1. The summed E-state index contributed by atoms with van der Waals surface area (Å²) in [5.74, 6) is 0. The number of aryl methyl sites for hydroxylation is 1. The minimum Gasteiger partial charge on any atom is -0.262 e. The number of aromatic nitrogens is 2. The van der Waals surface area contributed by atoms with E-state index in [1.54, 1.807) is 11.3 Å². The van der Waals surface area contributed by atoms with Crippen LogP contribution in [-0.4, -0.2) is 9.97 Å². The molecule has 0 N–H and O–H groups in total. The Morgan fingerprint density at radius 1 is 1.25 bits per heavy atom. The average molecular weight is 176 g/mol. The van der Waals surface area contributed by atoms with Crippen molar-refractivity contribution < 1.29 is 0 Å². The van der Waals surface area contributed by atoms with E-state index in [0.717, 1.165) is 16.3 Å². The van der Waals surface area contributed by atoms with Gasteiger partial charge in [0.25, 0.3) is 0 Å². The van der Waals surface area contributed by atoms with Gasteiger partial charge in [-0.25, -0.2) is 4.98 Å². The predicted molar refractivity (Wildman–Crippen MR) is 50.1 cm³/mol. The maximum absolute atomic E-state index is 4.22. The summed E-state index contributed by atoms with van der Waals surface area (Å²) in [6, 6.07) is 4.02. The topological polar surface area (TPSA) is 25.8 Å². The Hall–Kier alpha value is -1.22. The Balaban J connectivity index is 2.48. The molecule has 0 bridgehead atoms. The highest BCUT2D eigenvalue weighted by Gasteiger charge is 1.98. The summed E-state index contributed by atoms with van der Waals surface area (Å²) < 4.78 is 0. The molecule has 0 aliphatic carbocycles. The lowest BCUT2D eigenvalue weighted by atomic mass is 10.2. The van der Waals surface area contributed by atoms with Crippen molar-refractivity contribution in [3.8, 4) is 10.6 Å². The molecule has 0 saturated carbocycles. The van der Waals surface area contributed by atoms with Crippen LogP contribution in [-0.2, 0) is 0 Å². The monoisotopic (exact) mass is 176 g/mol. The third-order valence-electron chi connectivity index (χ3n) is 1.58. The molecule has 0 spiro atoms. The van der Waals surface area contributed by atoms with E-state index < -0.39 is 0 Å². The highest BCUT2D eigenvalue weighted by molar-refractivity contribution is 7.13. The smallest absolute Gasteiger partial charge is 0.123 e. The Kier molecular flexibility index (Phi) is 1.87. The van der Waals surface area contributed by atoms with Gasteiger partial charge in [-0.2, -0.15) is 0 Å². The number of rotatable bonds is 1. The van der Waals surface area contributed by atoms with Gasteiger partial charge in [-0.15, -0.1) is 11.3 Å². The van der Waals surface area contributed by atoms with Crippen LogP contribution in [0.1, 0.15) is 5.69 Å². The van der Waals surface area contributed by atoms with Crippen molar-refractivity contribution in [2.75, 3.05) is 0 Å². The zero-order chi connectivity index (χ0) is 8.39. The van der Waals surface area contributed by atoms with Gasteiger partial charge in [0.1, 0.15) is 5.01 Å². The molecular formula is C9H8N2S. The molecule has 2 heterocycles. The third kappa shape index (κ3) is 1.36. The molecule has 0 aromatic carbocycles. The number of thiazole rings is 1. The maximum atomic E-state index is 4.22. The maximum Gasteiger partial charge on any atom is 0.123 e. The fraction of sp³-hybridized carbons (Fsp3) is 0.111. The average Bonchev–Trinajstić information content (AvgIpc) is 2.56. The van der Waals surface area contributed by atoms with Crippen LogP contribution >= 0.6 is 11.3 Å². The lowest BCUT2D eigenvalue weighted by Gasteiger charge is -1.95. The molecule has 0 fully saturated rings. The van der Waals surface area contributed by atoms with Crippen molar-refractivity contribution in [1.29, 1.82) is 0 Å². The van der Waals surface area contributed by atoms with E-state index in [-0.39, 0.29) is 0 Å². The first-order chi connectivity index (χ1) is 5.86. The summed E-state index contributed by atoms with van der Waals surface area (Å²) in [6.07, 6.45) is 3.63. The molecule has 0 aliphatic rings. The molecule has 3 heteroatoms. The van der Waals surface area contributed by atoms with Gasteiger partial charge in [0.05, 0.1) is 0 Å². The second kappa shape index (κ2) is 3.03. The van der Waals surface area contributed by atoms with Gasteiger partial charge in [-0.05, 0) is 19.1 Å². The largest absolute Gasteiger partial charge is 0.262 e. The van der Waals surface area contributed by atoms with Crippen LogP contribution in [0.3, 0.4) is 0 Å². The minimum absolute atomic E-state index is 1.03. The summed E-state index contributed by atoms with van der Waals surface area (Å²) in [5.41, 5.74) is 2.18. The minimum atomic E-state index is 1.03. The Morgan fingerprint density at radius 2 is 2.17 bits per heavy atom. The number of pyridine rings is 1. The van der Waals surface area contributed by atoms with E-state index in [4.69, 9.17) is 0 Å². The van der Waals surface area contributed by atoms with Gasteiger partial charge in [0.15, 0.2) is 0 Å². The standard InChI is InChI=1S/C9H8N2S/c1-7-6-8(2-3-10-7)9-11-4-5-12-9/h2-6H,1H3. The van der Waals surface area contributed by atoms with E-state index in [0.29, 0.717) is 0 Å². The molecule has 12 heavy (non-hydrogen) atoms. The lowest BCUT2D eigenvalue weighted by Crippen LogP contribution is -1.81. The first-order valence-corrected chi connectivity index (χ1v) is 4.57. The third-order valence-corrected chi connectivity index (χ3v) is 2.40. The molecule has 2 rings (SSSR count). The van der Waals surface area contributed by atoms with E-state index >= 15 is 0 Å². The summed E-state index contributed by atoms with van der Waals surface area (Å²) in [6.45, 7) is 1.98. The van der Waals surface area contributed by atoms with Crippen LogP contribution in [0.4, 0.5) is 0 Å². The normalized spacial score (nSPS) is 10.1. The molecule has 0 unspecified atom stereocenters. The van der Waals surface area contributed by atoms with Crippen LogP contribution in [0.25, 0.3) is 10.6 Å². The molecular weight excluding hydrogens is 168 g/mol. The first kappa shape index (κ1) is 7.43. The van der Waals surface area contributed by atoms with E-state index in [2.05, 4.69) is 9.97 Å². The van der Waals surface area contributed by atoms with Gasteiger partial charge in [0, 0.05) is 29.0 Å². The summed E-state index contributed by atoms with van der Waals surface area (Å²) in [4.78, 5) is 8.34. The van der Waals surface area contributed by atoms with Crippen molar-refractivity contribution in [1.82, 2.24) is 9.97 Å². The van der Waals surface area contributed by atoms with Crippen molar-refractivity contribution >= 4 is 11.3 Å². The predicted octanol–water partition coefficient (Wildman–Crippen LogP) is 2.51. The van der Waals surface area contributed by atoms with Gasteiger partial charge in [0.2, 0.25) is 0 Å². The lowest BCUT2D eigenvalue weighted by molar-refractivity contribution is 1.20. The molecule has 60 valence electrons. The van der Waals surface area contributed by atoms with Crippen LogP contribution in [0.15, 0.2) is 29.9 Å². The van der Waals surface area contributed by atoms with Gasteiger partial charge in [-0.1, -0.05) is 0 Å². The summed E-state index contributed by atoms with van der Waals surface area (Å²) >= 11 is 1.65. The number of hydrogen-bond acceptors (Lipinski definition) is 3. The highest BCUT2D eigenvalue weighted by Crippen LogP contribution is 2.20. The van der Waals surface area contributed by atoms with Gasteiger partial charge >= 0.3 is 0 Å². The summed E-state index contributed by atoms with van der Waals surface area (Å²) in [7, 11) is 0. The summed E-state index contributed by atoms with van der Waals surface area (Å²) in [5, 5.41) is 3.03. The van der Waals surface area contributed by atoms with Crippen LogP contribution in [0.2, 0.25) is 0 Å². The molecule has 2 aromatic heterocycles. The van der Waals surface area contributed by atoms with E-state index in [1.807, 2.05) is 36.8 Å². The Morgan fingerprint density at radius 3 is 2.83 bits per heavy atom. The van der Waals surface area contributed by atoms with Crippen molar-refractivity contribution in [2.45, 2.75) is 6.92 Å².